The van der Waals surface area contributed by atoms with E-state index >= 15 is 0 Å². The molecule has 2 amide bonds. The number of nitrogens with one attached hydrogen (secondary N) is 2. The molecule has 0 aromatic carbocycles. The summed E-state index contributed by atoms with van der Waals surface area (Å²) < 4.78 is 37.7. The fourth-order valence-electron chi connectivity index (χ4n) is 2.08. The molecule has 0 bridgehead atoms. The number of carbonyl (C=O) groups is 2. The predicted octanol–water partition coefficient (Wildman–Crippen LogP) is -0.626. The van der Waals surface area contributed by atoms with E-state index in [0.29, 0.717) is 13.0 Å². The number of alkyl halides is 3. The molecule has 138 valence electrons. The number of hydrogen-bond acceptors (Lipinski definition) is 7. The van der Waals surface area contributed by atoms with Crippen molar-refractivity contribution in [2.75, 3.05) is 18.0 Å². The van der Waals surface area contributed by atoms with Gasteiger partial charge in [0.25, 0.3) is 0 Å². The van der Waals surface area contributed by atoms with Gasteiger partial charge in [-0.1, -0.05) is 0 Å². The van der Waals surface area contributed by atoms with E-state index in [9.17, 15) is 22.8 Å². The molecule has 1 saturated heterocycles. The first kappa shape index (κ1) is 19.5. The third-order valence-electron chi connectivity index (χ3n) is 3.61. The number of anilines is 1. The first-order valence-electron chi connectivity index (χ1n) is 7.32. The summed E-state index contributed by atoms with van der Waals surface area (Å²) in [6, 6.07) is -0.694. The Morgan fingerprint density at radius 2 is 2.20 bits per heavy atom. The minimum Gasteiger partial charge on any atom is -0.426 e. The summed E-state index contributed by atoms with van der Waals surface area (Å²) in [4.78, 5) is 28.6. The molecule has 13 heteroatoms. The summed E-state index contributed by atoms with van der Waals surface area (Å²) in [6.45, 7) is 1.38. The van der Waals surface area contributed by atoms with Crippen LogP contribution in [0.3, 0.4) is 0 Å². The first-order valence-corrected chi connectivity index (χ1v) is 8.20. The average Bonchev–Trinajstić information content (AvgIpc) is 2.93. The Kier molecular flexibility index (Phi) is 5.90. The second kappa shape index (κ2) is 7.58. The minimum absolute atomic E-state index is 0.0974. The number of rotatable bonds is 6. The van der Waals surface area contributed by atoms with Crippen LogP contribution in [0.4, 0.5) is 18.3 Å². The molecule has 2 heterocycles. The third kappa shape index (κ3) is 4.83. The highest BCUT2D eigenvalue weighted by molar-refractivity contribution is 7.13. The van der Waals surface area contributed by atoms with Crippen molar-refractivity contribution in [3.8, 4) is 0 Å². The topological polar surface area (TPSA) is 115 Å². The number of halogens is 3. The van der Waals surface area contributed by atoms with Crippen molar-refractivity contribution in [1.82, 2.24) is 15.6 Å². The van der Waals surface area contributed by atoms with Gasteiger partial charge in [0.2, 0.25) is 11.8 Å². The highest BCUT2D eigenvalue weighted by atomic mass is 32.1. The van der Waals surface area contributed by atoms with Gasteiger partial charge in [-0.2, -0.15) is 13.2 Å². The van der Waals surface area contributed by atoms with Gasteiger partial charge in [-0.15, -0.1) is 11.3 Å². The van der Waals surface area contributed by atoms with Crippen molar-refractivity contribution in [2.45, 2.75) is 31.5 Å². The zero-order chi connectivity index (χ0) is 18.8. The van der Waals surface area contributed by atoms with Gasteiger partial charge in [0.1, 0.15) is 6.04 Å². The lowest BCUT2D eigenvalue weighted by Gasteiger charge is -2.39. The van der Waals surface area contributed by atoms with Gasteiger partial charge in [0, 0.05) is 11.9 Å². The van der Waals surface area contributed by atoms with Crippen LogP contribution >= 0.6 is 11.3 Å². The molecule has 0 spiro atoms. The maximum Gasteiger partial charge on any atom is 0.475 e. The Hall–Kier alpha value is -1.86. The molecule has 1 aliphatic rings. The number of thiazole rings is 1. The van der Waals surface area contributed by atoms with Crippen molar-refractivity contribution in [3.63, 3.8) is 0 Å². The van der Waals surface area contributed by atoms with Crippen LogP contribution in [0.25, 0.3) is 0 Å². The normalized spacial score (nSPS) is 18.3. The molecule has 0 radical (unpaired) electrons. The van der Waals surface area contributed by atoms with Crippen molar-refractivity contribution in [3.05, 3.63) is 11.1 Å². The maximum absolute atomic E-state index is 12.6. The molecule has 0 saturated carbocycles. The van der Waals surface area contributed by atoms with Gasteiger partial charge in [0.15, 0.2) is 10.8 Å². The molecule has 8 nitrogen and oxygen atoms in total. The summed E-state index contributed by atoms with van der Waals surface area (Å²) in [6.07, 6.45) is -4.11. The summed E-state index contributed by atoms with van der Waals surface area (Å²) in [5.41, 5.74) is -1.01. The lowest BCUT2D eigenvalue weighted by molar-refractivity contribution is -0.140. The fourth-order valence-corrected chi connectivity index (χ4v) is 2.99. The third-order valence-corrected chi connectivity index (χ3v) is 4.49. The Morgan fingerprint density at radius 1 is 1.52 bits per heavy atom. The van der Waals surface area contributed by atoms with E-state index in [1.807, 2.05) is 0 Å². The zero-order valence-corrected chi connectivity index (χ0v) is 13.9. The number of amides is 2. The van der Waals surface area contributed by atoms with Crippen molar-refractivity contribution >= 4 is 35.4 Å². The molecular weight excluding hydrogens is 364 g/mol. The maximum atomic E-state index is 12.6. The Bertz CT molecular complexity index is 642. The Balaban J connectivity index is 1.86. The second-order valence-electron chi connectivity index (χ2n) is 5.50. The fraction of sp³-hybridized carbons (Fsp3) is 0.583. The minimum atomic E-state index is -4.54. The number of nitrogens with zero attached hydrogens (tertiary/aromatic N) is 2. The lowest BCUT2D eigenvalue weighted by Crippen LogP contribution is -2.57. The van der Waals surface area contributed by atoms with Gasteiger partial charge in [-0.05, 0) is 13.3 Å². The van der Waals surface area contributed by atoms with Crippen molar-refractivity contribution in [1.29, 1.82) is 0 Å². The van der Waals surface area contributed by atoms with Crippen LogP contribution in [0.15, 0.2) is 5.38 Å². The molecule has 2 atom stereocenters. The summed E-state index contributed by atoms with van der Waals surface area (Å²) in [7, 11) is -1.73. The monoisotopic (exact) mass is 380 g/mol. The zero-order valence-electron chi connectivity index (χ0n) is 13.1. The van der Waals surface area contributed by atoms with Gasteiger partial charge < -0.3 is 25.6 Å². The molecule has 0 aliphatic carbocycles. The largest absolute Gasteiger partial charge is 0.475 e. The SMILES string of the molecule is CC(NC(=O)CNC(=O)[C@@H]1CCN1c1nc(C(F)(F)F)cs1)B(O)O. The molecule has 1 aliphatic heterocycles. The van der Waals surface area contributed by atoms with Crippen molar-refractivity contribution < 1.29 is 32.8 Å². The van der Waals surface area contributed by atoms with E-state index in [2.05, 4.69) is 15.6 Å². The first-order chi connectivity index (χ1) is 11.6. The molecule has 1 aromatic rings. The van der Waals surface area contributed by atoms with E-state index < -0.39 is 42.8 Å². The van der Waals surface area contributed by atoms with E-state index in [1.165, 1.54) is 11.8 Å². The van der Waals surface area contributed by atoms with E-state index in [0.717, 1.165) is 16.7 Å². The number of carbonyl (C=O) groups excluding carboxylic acids is 2. The van der Waals surface area contributed by atoms with Gasteiger partial charge in [-0.25, -0.2) is 4.98 Å². The molecule has 4 N–H and O–H groups in total. The molecule has 2 rings (SSSR count). The number of aromatic nitrogens is 1. The summed E-state index contributed by atoms with van der Waals surface area (Å²) in [5, 5.41) is 23.3. The molecule has 1 fully saturated rings. The standard InChI is InChI=1S/C12H16BF3N4O4S/c1-6(13(23)24)18-9(21)4-17-10(22)7-2-3-20(7)11-19-8(5-25-11)12(14,15)16/h5-7,23-24H,2-4H2,1H3,(H,17,22)(H,18,21)/t6?,7-/m0/s1. The van der Waals surface area contributed by atoms with E-state index in [-0.39, 0.29) is 11.7 Å². The quantitative estimate of drug-likeness (QED) is 0.489. The van der Waals surface area contributed by atoms with Crippen LogP contribution < -0.4 is 15.5 Å². The van der Waals surface area contributed by atoms with Crippen LogP contribution in [0.2, 0.25) is 0 Å². The van der Waals surface area contributed by atoms with Gasteiger partial charge in [0.05, 0.1) is 12.5 Å². The number of hydrogen-bond donors (Lipinski definition) is 4. The smallest absolute Gasteiger partial charge is 0.426 e. The highest BCUT2D eigenvalue weighted by Gasteiger charge is 2.39. The van der Waals surface area contributed by atoms with Crippen LogP contribution in [-0.4, -0.2) is 59.0 Å². The summed E-state index contributed by atoms with van der Waals surface area (Å²) in [5.74, 6) is -2.03. The van der Waals surface area contributed by atoms with Gasteiger partial charge in [-0.3, -0.25) is 9.59 Å². The van der Waals surface area contributed by atoms with E-state index in [1.54, 1.807) is 0 Å². The Morgan fingerprint density at radius 3 is 2.68 bits per heavy atom. The molecular formula is C12H16BF3N4O4S. The highest BCUT2D eigenvalue weighted by Crippen LogP contribution is 2.35. The lowest BCUT2D eigenvalue weighted by atomic mass is 9.81. The van der Waals surface area contributed by atoms with Crippen molar-refractivity contribution in [2.24, 2.45) is 0 Å². The van der Waals surface area contributed by atoms with Crippen LogP contribution in [0, 0.1) is 0 Å². The second-order valence-corrected chi connectivity index (χ2v) is 6.34. The molecule has 1 aromatic heterocycles. The van der Waals surface area contributed by atoms with Crippen LogP contribution in [0.5, 0.6) is 0 Å². The average molecular weight is 380 g/mol. The molecule has 25 heavy (non-hydrogen) atoms. The summed E-state index contributed by atoms with van der Waals surface area (Å²) >= 11 is 0.797. The molecule has 1 unspecified atom stereocenters. The van der Waals surface area contributed by atoms with Crippen LogP contribution in [0.1, 0.15) is 19.0 Å². The Labute approximate surface area is 145 Å². The van der Waals surface area contributed by atoms with E-state index in [4.69, 9.17) is 10.0 Å². The van der Waals surface area contributed by atoms with Gasteiger partial charge >= 0.3 is 13.3 Å². The predicted molar refractivity (Wildman–Crippen MR) is 83.7 cm³/mol. The van der Waals surface area contributed by atoms with Crippen LogP contribution in [-0.2, 0) is 15.8 Å².